The van der Waals surface area contributed by atoms with Crippen molar-refractivity contribution in [2.75, 3.05) is 13.1 Å². The van der Waals surface area contributed by atoms with E-state index in [1.54, 1.807) is 11.3 Å². The molecular formula is C17H20N2O2S2. The van der Waals surface area contributed by atoms with E-state index in [0.29, 0.717) is 12.0 Å². The van der Waals surface area contributed by atoms with Crippen LogP contribution in [0.15, 0.2) is 29.0 Å². The van der Waals surface area contributed by atoms with Gasteiger partial charge >= 0.3 is 0 Å². The highest BCUT2D eigenvalue weighted by molar-refractivity contribution is 7.15. The van der Waals surface area contributed by atoms with Crippen LogP contribution in [0.2, 0.25) is 0 Å². The van der Waals surface area contributed by atoms with Gasteiger partial charge in [-0.2, -0.15) is 0 Å². The molecule has 0 aliphatic carbocycles. The van der Waals surface area contributed by atoms with E-state index in [1.807, 2.05) is 29.0 Å². The van der Waals surface area contributed by atoms with Crippen molar-refractivity contribution < 1.29 is 9.53 Å². The molecule has 4 nitrogen and oxygen atoms in total. The molecule has 2 bridgehead atoms. The van der Waals surface area contributed by atoms with E-state index in [2.05, 4.69) is 17.1 Å². The normalized spacial score (nSPS) is 29.4. The number of piperidine rings is 3. The molecule has 0 unspecified atom stereocenters. The van der Waals surface area contributed by atoms with Crippen LogP contribution in [0.5, 0.6) is 10.8 Å². The van der Waals surface area contributed by atoms with Gasteiger partial charge in [-0.15, -0.1) is 11.3 Å². The summed E-state index contributed by atoms with van der Waals surface area (Å²) in [5, 5.41) is 7.95. The van der Waals surface area contributed by atoms with Gasteiger partial charge in [0.1, 0.15) is 5.75 Å². The Morgan fingerprint density at radius 1 is 1.30 bits per heavy atom. The van der Waals surface area contributed by atoms with Crippen LogP contribution >= 0.6 is 22.7 Å². The molecule has 2 aromatic heterocycles. The Morgan fingerprint density at radius 2 is 2.13 bits per heavy atom. The largest absolute Gasteiger partial charge is 0.446 e. The van der Waals surface area contributed by atoms with Gasteiger partial charge in [-0.1, -0.05) is 11.3 Å². The molecule has 3 saturated heterocycles. The minimum absolute atomic E-state index is 0.0285. The second-order valence-corrected chi connectivity index (χ2v) is 8.12. The van der Waals surface area contributed by atoms with E-state index in [4.69, 9.17) is 4.74 Å². The average molecular weight is 348 g/mol. The number of hydrogen-bond donors (Lipinski definition) is 1. The quantitative estimate of drug-likeness (QED) is 0.913. The number of thiophene rings is 2. The first-order valence-corrected chi connectivity index (χ1v) is 9.81. The fourth-order valence-electron chi connectivity index (χ4n) is 3.69. The molecule has 1 amide bonds. The summed E-state index contributed by atoms with van der Waals surface area (Å²) in [4.78, 5) is 15.8. The van der Waals surface area contributed by atoms with Crippen LogP contribution in [0.4, 0.5) is 0 Å². The van der Waals surface area contributed by atoms with Gasteiger partial charge in [0.05, 0.1) is 4.88 Å². The monoisotopic (exact) mass is 348 g/mol. The summed E-state index contributed by atoms with van der Waals surface area (Å²) < 4.78 is 5.75. The lowest BCUT2D eigenvalue weighted by molar-refractivity contribution is 0.0218. The zero-order chi connectivity index (χ0) is 15.8. The van der Waals surface area contributed by atoms with Crippen molar-refractivity contribution in [2.45, 2.75) is 31.8 Å². The summed E-state index contributed by atoms with van der Waals surface area (Å²) in [6, 6.07) is 6.37. The lowest BCUT2D eigenvalue weighted by Crippen LogP contribution is -2.62. The van der Waals surface area contributed by atoms with Crippen LogP contribution in [0, 0.1) is 5.92 Å². The summed E-state index contributed by atoms with van der Waals surface area (Å²) in [5.74, 6) is 1.48. The van der Waals surface area contributed by atoms with Crippen LogP contribution in [-0.4, -0.2) is 36.0 Å². The smallest absolute Gasteiger partial charge is 0.261 e. The summed E-state index contributed by atoms with van der Waals surface area (Å²) >= 11 is 3.00. The molecule has 0 aromatic carbocycles. The Balaban J connectivity index is 1.42. The summed E-state index contributed by atoms with van der Waals surface area (Å²) in [5.41, 5.74) is 0. The molecule has 2 atom stereocenters. The Labute approximate surface area is 144 Å². The van der Waals surface area contributed by atoms with Gasteiger partial charge in [0.25, 0.3) is 5.91 Å². The van der Waals surface area contributed by atoms with Crippen LogP contribution < -0.4 is 10.1 Å². The highest BCUT2D eigenvalue weighted by Gasteiger charge is 2.40. The van der Waals surface area contributed by atoms with Crippen LogP contribution in [0.1, 0.15) is 29.4 Å². The van der Waals surface area contributed by atoms with Gasteiger partial charge in [0.2, 0.25) is 0 Å². The van der Waals surface area contributed by atoms with E-state index in [-0.39, 0.29) is 11.9 Å². The van der Waals surface area contributed by atoms with Gasteiger partial charge in [0.15, 0.2) is 5.06 Å². The van der Waals surface area contributed by atoms with Crippen molar-refractivity contribution in [1.82, 2.24) is 10.2 Å². The number of carbonyl (C=O) groups is 1. The topological polar surface area (TPSA) is 41.6 Å². The number of hydrogen-bond acceptors (Lipinski definition) is 5. The first kappa shape index (κ1) is 15.2. The van der Waals surface area contributed by atoms with Gasteiger partial charge in [0, 0.05) is 17.5 Å². The van der Waals surface area contributed by atoms with Gasteiger partial charge in [-0.05, 0) is 62.4 Å². The summed E-state index contributed by atoms with van der Waals surface area (Å²) in [7, 11) is 0. The van der Waals surface area contributed by atoms with Crippen LogP contribution in [0.25, 0.3) is 0 Å². The Morgan fingerprint density at radius 3 is 2.83 bits per heavy atom. The van der Waals surface area contributed by atoms with Crippen molar-refractivity contribution in [3.63, 3.8) is 0 Å². The Bertz CT molecular complexity index is 673. The number of amides is 1. The SMILES string of the molecule is C[C@H]1[C@H](NC(=O)c2ccc(Oc3ccsc3)s2)C2CCN1CC2. The Kier molecular flexibility index (Phi) is 4.13. The van der Waals surface area contributed by atoms with Gasteiger partial charge < -0.3 is 10.1 Å². The lowest BCUT2D eigenvalue weighted by Gasteiger charge is -2.49. The molecule has 3 aliphatic rings. The maximum Gasteiger partial charge on any atom is 0.261 e. The molecule has 2 aromatic rings. The standard InChI is InChI=1S/C17H20N2O2S2/c1-11-16(12-4-7-19(11)8-5-12)18-17(20)14-2-3-15(23-14)21-13-6-9-22-10-13/h2-3,6,9-12,16H,4-5,7-8H2,1H3,(H,18,20)/t11-,16-/m0/s1. The van der Waals surface area contributed by atoms with Crippen molar-refractivity contribution in [3.8, 4) is 10.8 Å². The molecular weight excluding hydrogens is 328 g/mol. The minimum atomic E-state index is 0.0285. The number of nitrogens with one attached hydrogen (secondary N) is 1. The maximum atomic E-state index is 12.6. The highest BCUT2D eigenvalue weighted by Crippen LogP contribution is 2.34. The second-order valence-electron chi connectivity index (χ2n) is 6.29. The third kappa shape index (κ3) is 3.03. The number of fused-ring (bicyclic) bond motifs is 3. The van der Waals surface area contributed by atoms with Crippen LogP contribution in [0.3, 0.4) is 0 Å². The summed E-state index contributed by atoms with van der Waals surface area (Å²) in [6.45, 7) is 4.58. The van der Waals surface area contributed by atoms with Crippen LogP contribution in [-0.2, 0) is 0 Å². The van der Waals surface area contributed by atoms with Gasteiger partial charge in [-0.3, -0.25) is 9.69 Å². The van der Waals surface area contributed by atoms with E-state index in [9.17, 15) is 4.79 Å². The fraction of sp³-hybridized carbons (Fsp3) is 0.471. The zero-order valence-electron chi connectivity index (χ0n) is 13.0. The number of carbonyl (C=O) groups excluding carboxylic acids is 1. The second kappa shape index (κ2) is 6.26. The van der Waals surface area contributed by atoms with Crippen molar-refractivity contribution in [3.05, 3.63) is 33.8 Å². The van der Waals surface area contributed by atoms with E-state index in [0.717, 1.165) is 15.7 Å². The number of nitrogens with zero attached hydrogens (tertiary/aromatic N) is 1. The first-order valence-electron chi connectivity index (χ1n) is 8.05. The third-order valence-electron chi connectivity index (χ3n) is 4.99. The molecule has 5 rings (SSSR count). The van der Waals surface area contributed by atoms with E-state index in [1.165, 1.54) is 37.3 Å². The molecule has 6 heteroatoms. The molecule has 1 N–H and O–H groups in total. The summed E-state index contributed by atoms with van der Waals surface area (Å²) in [6.07, 6.45) is 2.40. The molecule has 0 radical (unpaired) electrons. The minimum Gasteiger partial charge on any atom is -0.446 e. The van der Waals surface area contributed by atoms with Crippen molar-refractivity contribution in [2.24, 2.45) is 5.92 Å². The fourth-order valence-corrected chi connectivity index (χ4v) is 5.02. The van der Waals surface area contributed by atoms with E-state index < -0.39 is 0 Å². The third-order valence-corrected chi connectivity index (χ3v) is 6.62. The van der Waals surface area contributed by atoms with Crippen molar-refractivity contribution in [1.29, 1.82) is 0 Å². The Hall–Kier alpha value is -1.37. The molecule has 122 valence electrons. The molecule has 0 saturated carbocycles. The lowest BCUT2D eigenvalue weighted by atomic mass is 9.79. The van der Waals surface area contributed by atoms with Crippen molar-refractivity contribution >= 4 is 28.6 Å². The predicted octanol–water partition coefficient (Wildman–Crippen LogP) is 3.81. The van der Waals surface area contributed by atoms with E-state index >= 15 is 0 Å². The molecule has 23 heavy (non-hydrogen) atoms. The molecule has 3 aliphatic heterocycles. The molecule has 5 heterocycles. The van der Waals surface area contributed by atoms with Gasteiger partial charge in [-0.25, -0.2) is 0 Å². The zero-order valence-corrected chi connectivity index (χ0v) is 14.7. The predicted molar refractivity (Wildman–Crippen MR) is 93.7 cm³/mol. The number of rotatable bonds is 4. The molecule has 0 spiro atoms. The molecule has 3 fully saturated rings. The number of ether oxygens (including phenoxy) is 1. The highest BCUT2D eigenvalue weighted by atomic mass is 32.1. The average Bonchev–Trinajstić information content (AvgIpc) is 3.23. The first-order chi connectivity index (χ1) is 11.2. The maximum absolute atomic E-state index is 12.6.